The molecule has 0 unspecified atom stereocenters. The lowest BCUT2D eigenvalue weighted by atomic mass is 9.96. The fourth-order valence-corrected chi connectivity index (χ4v) is 7.76. The minimum absolute atomic E-state index is 0.0177. The number of primary amides is 1. The highest BCUT2D eigenvalue weighted by molar-refractivity contribution is 7.91. The van der Waals surface area contributed by atoms with Crippen molar-refractivity contribution >= 4 is 61.3 Å². The lowest BCUT2D eigenvalue weighted by molar-refractivity contribution is -0.131. The van der Waals surface area contributed by atoms with Gasteiger partial charge < -0.3 is 20.9 Å². The number of nitrogens with two attached hydrogens (primary N) is 1. The molecule has 4 aromatic rings. The van der Waals surface area contributed by atoms with E-state index < -0.39 is 45.9 Å². The summed E-state index contributed by atoms with van der Waals surface area (Å²) >= 11 is 2.41. The van der Waals surface area contributed by atoms with Gasteiger partial charge in [-0.05, 0) is 42.8 Å². The van der Waals surface area contributed by atoms with Gasteiger partial charge in [0.05, 0.1) is 5.01 Å². The topological polar surface area (TPSA) is 167 Å². The van der Waals surface area contributed by atoms with E-state index in [2.05, 4.69) is 20.0 Å². The molecule has 0 spiro atoms. The Hall–Kier alpha value is -3.59. The predicted octanol–water partition coefficient (Wildman–Crippen LogP) is 2.16. The van der Waals surface area contributed by atoms with Crippen molar-refractivity contribution in [1.29, 1.82) is 0 Å². The molecular formula is C26H28N6O5S3. The molecule has 0 bridgehead atoms. The maximum Gasteiger partial charge on any atom is 0.274 e. The van der Waals surface area contributed by atoms with Crippen molar-refractivity contribution < 1.29 is 22.8 Å². The molecule has 40 heavy (non-hydrogen) atoms. The molecule has 1 fully saturated rings. The van der Waals surface area contributed by atoms with Crippen LogP contribution in [-0.4, -0.2) is 65.7 Å². The van der Waals surface area contributed by atoms with Gasteiger partial charge in [0, 0.05) is 41.5 Å². The van der Waals surface area contributed by atoms with Gasteiger partial charge in [-0.25, -0.2) is 18.1 Å². The van der Waals surface area contributed by atoms with Crippen LogP contribution in [0.3, 0.4) is 0 Å². The van der Waals surface area contributed by atoms with Crippen molar-refractivity contribution in [3.05, 3.63) is 69.6 Å². The number of amides is 3. The molecule has 5 N–H and O–H groups in total. The van der Waals surface area contributed by atoms with Crippen LogP contribution in [0.2, 0.25) is 0 Å². The number of sulfonamides is 1. The van der Waals surface area contributed by atoms with E-state index in [0.717, 1.165) is 27.8 Å². The predicted molar refractivity (Wildman–Crippen MR) is 152 cm³/mol. The second-order valence-corrected chi connectivity index (χ2v) is 13.5. The third-order valence-electron chi connectivity index (χ3n) is 6.84. The van der Waals surface area contributed by atoms with E-state index in [1.54, 1.807) is 29.9 Å². The highest BCUT2D eigenvalue weighted by atomic mass is 32.2. The molecule has 3 aromatic heterocycles. The number of hydrogen-bond donors (Lipinski definition) is 4. The number of thiazole rings is 1. The van der Waals surface area contributed by atoms with E-state index in [4.69, 9.17) is 5.73 Å². The van der Waals surface area contributed by atoms with Gasteiger partial charge in [-0.15, -0.1) is 22.7 Å². The second kappa shape index (κ2) is 11.5. The molecule has 1 aromatic carbocycles. The molecule has 14 heteroatoms. The van der Waals surface area contributed by atoms with Crippen molar-refractivity contribution in [3.63, 3.8) is 0 Å². The van der Waals surface area contributed by atoms with Gasteiger partial charge in [-0.1, -0.05) is 24.3 Å². The highest BCUT2D eigenvalue weighted by Crippen LogP contribution is 2.25. The van der Waals surface area contributed by atoms with Gasteiger partial charge >= 0.3 is 0 Å². The number of rotatable bonds is 9. The molecule has 3 atom stereocenters. The monoisotopic (exact) mass is 600 g/mol. The quantitative estimate of drug-likeness (QED) is 0.230. The molecular weight excluding hydrogens is 573 g/mol. The Morgan fingerprint density at radius 1 is 1.20 bits per heavy atom. The number of hydrogen-bond acceptors (Lipinski definition) is 8. The normalized spacial score (nSPS) is 18.5. The van der Waals surface area contributed by atoms with E-state index in [-0.39, 0.29) is 29.3 Å². The Kier molecular flexibility index (Phi) is 8.03. The molecule has 1 saturated heterocycles. The molecule has 3 amide bonds. The average molecular weight is 601 g/mol. The number of aryl methyl sites for hydroxylation is 1. The molecule has 0 aliphatic carbocycles. The van der Waals surface area contributed by atoms with Crippen LogP contribution in [0.1, 0.15) is 33.9 Å². The summed E-state index contributed by atoms with van der Waals surface area (Å²) in [7, 11) is -3.80. The van der Waals surface area contributed by atoms with Crippen molar-refractivity contribution in [2.75, 3.05) is 6.54 Å². The molecule has 0 saturated carbocycles. The van der Waals surface area contributed by atoms with E-state index in [1.807, 2.05) is 24.3 Å². The summed E-state index contributed by atoms with van der Waals surface area (Å²) in [6.45, 7) is 1.90. The highest BCUT2D eigenvalue weighted by Gasteiger charge is 2.39. The number of aromatic nitrogens is 2. The molecule has 4 heterocycles. The van der Waals surface area contributed by atoms with Gasteiger partial charge in [0.25, 0.3) is 5.91 Å². The standard InChI is InChI=1S/C26H28N6O5S3/c1-15-29-21(14-39-15)26(35)32-9-8-17(31-40(36,37)23-7-4-10-38-23)12-22(32)25(34)30-20(24(27)33)11-16-13-28-19-6-3-2-5-18(16)19/h2-7,10,13-14,17,20,22,28,31H,8-9,11-12H2,1H3,(H2,27,33)(H,30,34)/t17-,20+,22-/m0/s1. The van der Waals surface area contributed by atoms with E-state index in [1.165, 1.54) is 22.3 Å². The molecule has 0 radical (unpaired) electrons. The van der Waals surface area contributed by atoms with Crippen molar-refractivity contribution in [1.82, 2.24) is 24.9 Å². The first-order valence-corrected chi connectivity index (χ1v) is 15.8. The van der Waals surface area contributed by atoms with Crippen molar-refractivity contribution in [2.24, 2.45) is 5.73 Å². The summed E-state index contributed by atoms with van der Waals surface area (Å²) in [6.07, 6.45) is 2.23. The number of thiophene rings is 1. The Morgan fingerprint density at radius 3 is 2.70 bits per heavy atom. The number of fused-ring (bicyclic) bond motifs is 1. The summed E-state index contributed by atoms with van der Waals surface area (Å²) in [5.41, 5.74) is 7.58. The van der Waals surface area contributed by atoms with E-state index >= 15 is 0 Å². The van der Waals surface area contributed by atoms with Crippen LogP contribution in [0.25, 0.3) is 10.9 Å². The number of benzene rings is 1. The summed E-state index contributed by atoms with van der Waals surface area (Å²) in [5, 5.41) is 7.63. The first kappa shape index (κ1) is 28.0. The van der Waals surface area contributed by atoms with Gasteiger partial charge in [0.1, 0.15) is 22.0 Å². The van der Waals surface area contributed by atoms with Crippen molar-refractivity contribution in [3.8, 4) is 0 Å². The lowest BCUT2D eigenvalue weighted by Gasteiger charge is -2.38. The van der Waals surface area contributed by atoms with Crippen LogP contribution in [0.4, 0.5) is 0 Å². The smallest absolute Gasteiger partial charge is 0.274 e. The molecule has 11 nitrogen and oxygen atoms in total. The SMILES string of the molecule is Cc1nc(C(=O)N2CC[C@H](NS(=O)(=O)c3cccs3)C[C@H]2C(=O)N[C@H](Cc2c[nH]c3ccccc23)C(N)=O)cs1. The number of nitrogens with zero attached hydrogens (tertiary/aromatic N) is 2. The first-order valence-electron chi connectivity index (χ1n) is 12.6. The molecule has 1 aliphatic rings. The number of likely N-dealkylation sites (tertiary alicyclic amines) is 1. The van der Waals surface area contributed by atoms with E-state index in [0.29, 0.717) is 11.4 Å². The van der Waals surface area contributed by atoms with Crippen molar-refractivity contribution in [2.45, 2.75) is 48.5 Å². The molecule has 210 valence electrons. The number of piperidine rings is 1. The number of H-pyrrole nitrogens is 1. The zero-order valence-electron chi connectivity index (χ0n) is 21.5. The van der Waals surface area contributed by atoms with E-state index in [9.17, 15) is 22.8 Å². The number of carbonyl (C=O) groups excluding carboxylic acids is 3. The van der Waals surface area contributed by atoms with Crippen LogP contribution in [0.15, 0.2) is 57.6 Å². The molecule has 1 aliphatic heterocycles. The summed E-state index contributed by atoms with van der Waals surface area (Å²) in [6, 6.07) is 8.01. The van der Waals surface area contributed by atoms with Gasteiger partial charge in [-0.3, -0.25) is 14.4 Å². The second-order valence-electron chi connectivity index (χ2n) is 9.57. The third kappa shape index (κ3) is 5.94. The summed E-state index contributed by atoms with van der Waals surface area (Å²) in [4.78, 5) is 48.3. The van der Waals surface area contributed by atoms with Crippen LogP contribution < -0.4 is 15.8 Å². The fourth-order valence-electron chi connectivity index (χ4n) is 4.88. The lowest BCUT2D eigenvalue weighted by Crippen LogP contribution is -2.59. The molecule has 5 rings (SSSR count). The number of aromatic amines is 1. The van der Waals surface area contributed by atoms with Crippen LogP contribution in [-0.2, 0) is 26.0 Å². The van der Waals surface area contributed by atoms with Crippen LogP contribution >= 0.6 is 22.7 Å². The summed E-state index contributed by atoms with van der Waals surface area (Å²) < 4.78 is 28.6. The minimum Gasteiger partial charge on any atom is -0.368 e. The Labute approximate surface area is 238 Å². The van der Waals surface area contributed by atoms with Gasteiger partial charge in [-0.2, -0.15) is 0 Å². The Balaban J connectivity index is 1.38. The maximum absolute atomic E-state index is 13.7. The van der Waals surface area contributed by atoms with Crippen LogP contribution in [0, 0.1) is 6.92 Å². The zero-order chi connectivity index (χ0) is 28.4. The Morgan fingerprint density at radius 2 is 2.00 bits per heavy atom. The first-order chi connectivity index (χ1) is 19.1. The van der Waals surface area contributed by atoms with Gasteiger partial charge in [0.2, 0.25) is 21.8 Å². The Bertz CT molecular complexity index is 1650. The number of para-hydroxylation sites is 1. The minimum atomic E-state index is -3.80. The summed E-state index contributed by atoms with van der Waals surface area (Å²) in [5.74, 6) is -1.75. The third-order valence-corrected chi connectivity index (χ3v) is 10.5. The van der Waals surface area contributed by atoms with Crippen LogP contribution in [0.5, 0.6) is 0 Å². The largest absolute Gasteiger partial charge is 0.368 e. The number of nitrogens with one attached hydrogen (secondary N) is 3. The maximum atomic E-state index is 13.7. The fraction of sp³-hybridized carbons (Fsp3) is 0.308. The zero-order valence-corrected chi connectivity index (χ0v) is 23.9. The average Bonchev–Trinajstić information content (AvgIpc) is 3.69. The van der Waals surface area contributed by atoms with Gasteiger partial charge in [0.15, 0.2) is 0 Å². The number of carbonyl (C=O) groups is 3.